The van der Waals surface area contributed by atoms with E-state index in [2.05, 4.69) is 47.9 Å². The number of H-pyrrole nitrogens is 1. The number of hydrogen-bond acceptors (Lipinski definition) is 12. The van der Waals surface area contributed by atoms with Crippen LogP contribution in [-0.4, -0.2) is 103 Å². The number of hydrazine groups is 1. The molecule has 0 bridgehead atoms. The third kappa shape index (κ3) is 17.4. The topological polar surface area (TPSA) is 330 Å². The highest BCUT2D eigenvalue weighted by Crippen LogP contribution is 2.38. The van der Waals surface area contributed by atoms with Crippen molar-refractivity contribution in [3.05, 3.63) is 66.0 Å². The lowest BCUT2D eigenvalue weighted by Gasteiger charge is -2.27. The van der Waals surface area contributed by atoms with Crippen LogP contribution in [0.4, 0.5) is 0 Å². The number of aliphatic hydroxyl groups excluding tert-OH is 1. The minimum atomic E-state index is -5.09. The second-order valence-electron chi connectivity index (χ2n) is 13.3. The van der Waals surface area contributed by atoms with Crippen molar-refractivity contribution in [3.8, 4) is 0 Å². The summed E-state index contributed by atoms with van der Waals surface area (Å²) in [7, 11) is -5.09. The molecule has 1 heterocycles. The summed E-state index contributed by atoms with van der Waals surface area (Å²) in [5, 5.41) is 21.2. The van der Waals surface area contributed by atoms with Gasteiger partial charge in [0.25, 0.3) is 0 Å². The molecule has 0 aliphatic heterocycles. The smallest absolute Gasteiger partial charge is 0.403 e. The summed E-state index contributed by atoms with van der Waals surface area (Å²) in [5.41, 5.74) is 13.3. The fraction of sp³-hybridized carbons (Fsp3) is 0.529. The first-order valence-electron chi connectivity index (χ1n) is 17.7. The molecule has 21 heteroatoms. The first kappa shape index (κ1) is 46.3. The zero-order valence-electron chi connectivity index (χ0n) is 31.2. The Kier molecular flexibility index (Phi) is 19.5. The molecular weight excluding hydrogens is 739 g/mol. The molecule has 0 spiro atoms. The Morgan fingerprint density at radius 1 is 0.945 bits per heavy atom. The van der Waals surface area contributed by atoms with E-state index in [1.54, 1.807) is 0 Å². The lowest BCUT2D eigenvalue weighted by molar-refractivity contribution is -0.135. The molecule has 14 N–H and O–H groups in total. The number of hydrogen-bond donors (Lipinski definition) is 11. The summed E-state index contributed by atoms with van der Waals surface area (Å²) in [4.78, 5) is 90.2. The van der Waals surface area contributed by atoms with E-state index in [9.17, 15) is 33.6 Å². The number of phosphoric acid groups is 1. The number of aromatic nitrogens is 2. The summed E-state index contributed by atoms with van der Waals surface area (Å²) in [6.45, 7) is 4.29. The average Bonchev–Trinajstić information content (AvgIpc) is 3.63. The fourth-order valence-electron chi connectivity index (χ4n) is 5.45. The van der Waals surface area contributed by atoms with E-state index >= 15 is 0 Å². The molecule has 2 rings (SSSR count). The van der Waals surface area contributed by atoms with Crippen LogP contribution in [0.25, 0.3) is 0 Å². The molecule has 5 amide bonds. The number of carbonyl (C=O) groups excluding carboxylic acids is 5. The molecule has 0 radical (unpaired) electrons. The van der Waals surface area contributed by atoms with Gasteiger partial charge >= 0.3 is 7.82 Å². The number of benzene rings is 1. The lowest BCUT2D eigenvalue weighted by atomic mass is 10.0. The largest absolute Gasteiger partial charge is 0.469 e. The van der Waals surface area contributed by atoms with Gasteiger partial charge in [-0.15, -0.1) is 0 Å². The van der Waals surface area contributed by atoms with Crippen LogP contribution >= 0.6 is 7.82 Å². The number of carbonyl (C=O) groups is 5. The minimum absolute atomic E-state index is 0.0436. The Balaban J connectivity index is 2.09. The zero-order chi connectivity index (χ0) is 41.1. The van der Waals surface area contributed by atoms with E-state index in [4.69, 9.17) is 27.1 Å². The number of imidazole rings is 1. The van der Waals surface area contributed by atoms with Crippen LogP contribution in [-0.2, 0) is 45.9 Å². The number of phosphoric ester groups is 1. The van der Waals surface area contributed by atoms with Gasteiger partial charge < -0.3 is 57.6 Å². The maximum Gasteiger partial charge on any atom is 0.469 e. The van der Waals surface area contributed by atoms with Crippen LogP contribution in [0.15, 0.2) is 54.8 Å². The molecule has 20 nitrogen and oxygen atoms in total. The molecule has 0 saturated heterocycles. The van der Waals surface area contributed by atoms with Crippen LogP contribution in [0, 0.1) is 5.92 Å². The normalized spacial score (nSPS) is 14.6. The van der Waals surface area contributed by atoms with Gasteiger partial charge in [0.05, 0.1) is 19.0 Å². The van der Waals surface area contributed by atoms with Crippen LogP contribution < -0.4 is 38.6 Å². The van der Waals surface area contributed by atoms with Gasteiger partial charge in [0, 0.05) is 43.2 Å². The van der Waals surface area contributed by atoms with E-state index in [0.717, 1.165) is 26.2 Å². The predicted molar refractivity (Wildman–Crippen MR) is 200 cm³/mol. The maximum atomic E-state index is 13.7. The molecule has 2 aromatic rings. The Morgan fingerprint density at radius 2 is 1.58 bits per heavy atom. The van der Waals surface area contributed by atoms with Gasteiger partial charge in [-0.3, -0.25) is 28.5 Å². The fourth-order valence-corrected chi connectivity index (χ4v) is 6.00. The summed E-state index contributed by atoms with van der Waals surface area (Å²) in [6, 6.07) is 4.13. The van der Waals surface area contributed by atoms with Gasteiger partial charge in [0.15, 0.2) is 0 Å². The van der Waals surface area contributed by atoms with Crippen molar-refractivity contribution < 1.29 is 48.0 Å². The van der Waals surface area contributed by atoms with Crippen molar-refractivity contribution in [3.63, 3.8) is 0 Å². The standard InChI is InChI=1S/C34H55N10O10P/c1-21(2)15-26(40-29(46)13-12-25(17-35)44(37)14-8-7-11-23-9-5-4-6-10-23)32(48)41-27(16-24-18-38-20-39-24)33(49)42-28(19-45)34(50)43-30(31(36)47)22(3)54-55(51,52)53/h4-6,9-10,17-18,20-22,26-28,30,45H,7-8,11-16,19,35,37H2,1-3H3,(H2,36,47)(H,38,39)(H,40,46)(H,41,48)(H,42,49)(H,43,50)(H2,51,52,53)/b25-17-/t22-,26+,27+,28+,30+/m1/s1. The number of unbranched alkanes of at least 4 members (excludes halogenated alkanes) is 1. The van der Waals surface area contributed by atoms with E-state index in [1.165, 1.54) is 29.3 Å². The number of aromatic amines is 1. The highest BCUT2D eigenvalue weighted by atomic mass is 31.2. The third-order valence-corrected chi connectivity index (χ3v) is 8.90. The SMILES string of the molecule is CC(C)C[C@H](NC(=O)CC/C(=C/N)N(N)CCCCc1ccccc1)C(=O)N[C@@H](Cc1cnc[nH]1)C(=O)N[C@@H](CO)C(=O)N[C@H](C(N)=O)[C@@H](C)OP(=O)(O)O. The number of aryl methyl sites for hydroxylation is 1. The number of nitrogens with two attached hydrogens (primary N) is 3. The van der Waals surface area contributed by atoms with E-state index in [0.29, 0.717) is 17.9 Å². The van der Waals surface area contributed by atoms with Gasteiger partial charge in [-0.1, -0.05) is 44.2 Å². The van der Waals surface area contributed by atoms with Gasteiger partial charge in [-0.2, -0.15) is 0 Å². The van der Waals surface area contributed by atoms with Crippen molar-refractivity contribution in [1.82, 2.24) is 36.2 Å². The van der Waals surface area contributed by atoms with Gasteiger partial charge in [-0.05, 0) is 50.5 Å². The van der Waals surface area contributed by atoms with Crippen LogP contribution in [0.2, 0.25) is 0 Å². The number of aliphatic hydroxyl groups is 1. The highest BCUT2D eigenvalue weighted by Gasteiger charge is 2.35. The van der Waals surface area contributed by atoms with Gasteiger partial charge in [0.2, 0.25) is 29.5 Å². The van der Waals surface area contributed by atoms with Crippen LogP contribution in [0.5, 0.6) is 0 Å². The molecule has 0 saturated carbocycles. The monoisotopic (exact) mass is 794 g/mol. The van der Waals surface area contributed by atoms with Crippen molar-refractivity contribution in [2.75, 3.05) is 13.2 Å². The Labute approximate surface area is 319 Å². The van der Waals surface area contributed by atoms with E-state index in [-0.39, 0.29) is 31.6 Å². The molecule has 0 aliphatic rings. The molecule has 1 aromatic heterocycles. The molecule has 55 heavy (non-hydrogen) atoms. The Hall–Kier alpha value is -4.85. The van der Waals surface area contributed by atoms with Crippen molar-refractivity contribution in [2.45, 2.75) is 96.0 Å². The van der Waals surface area contributed by atoms with E-state index < -0.39 is 74.2 Å². The van der Waals surface area contributed by atoms with Crippen molar-refractivity contribution >= 4 is 37.4 Å². The molecule has 0 aliphatic carbocycles. The first-order chi connectivity index (χ1) is 25.9. The Bertz CT molecular complexity index is 1610. The highest BCUT2D eigenvalue weighted by molar-refractivity contribution is 7.46. The summed E-state index contributed by atoms with van der Waals surface area (Å²) >= 11 is 0. The summed E-state index contributed by atoms with van der Waals surface area (Å²) in [5.74, 6) is 1.69. The summed E-state index contributed by atoms with van der Waals surface area (Å²) in [6.07, 6.45) is 5.29. The maximum absolute atomic E-state index is 13.7. The quantitative estimate of drug-likeness (QED) is 0.0241. The Morgan fingerprint density at radius 3 is 2.15 bits per heavy atom. The summed E-state index contributed by atoms with van der Waals surface area (Å²) < 4.78 is 15.7. The number of nitrogens with one attached hydrogen (secondary N) is 5. The first-order valence-corrected chi connectivity index (χ1v) is 19.3. The predicted octanol–water partition coefficient (Wildman–Crippen LogP) is -1.31. The molecule has 0 unspecified atom stereocenters. The number of nitrogens with zero attached hydrogens (tertiary/aromatic N) is 2. The number of rotatable bonds is 25. The van der Waals surface area contributed by atoms with Crippen molar-refractivity contribution in [2.24, 2.45) is 23.2 Å². The van der Waals surface area contributed by atoms with Crippen molar-refractivity contribution in [1.29, 1.82) is 0 Å². The third-order valence-electron chi connectivity index (χ3n) is 8.29. The number of amides is 5. The molecular formula is C34H55N10O10P. The van der Waals surface area contributed by atoms with E-state index in [1.807, 2.05) is 32.0 Å². The second kappa shape index (κ2) is 23.2. The lowest BCUT2D eigenvalue weighted by Crippen LogP contribution is -2.60. The van der Waals surface area contributed by atoms with Gasteiger partial charge in [-0.25, -0.2) is 15.4 Å². The molecule has 0 fully saturated rings. The van der Waals surface area contributed by atoms with Gasteiger partial charge in [0.1, 0.15) is 24.2 Å². The second-order valence-corrected chi connectivity index (χ2v) is 14.5. The van der Waals surface area contributed by atoms with Crippen LogP contribution in [0.3, 0.4) is 0 Å². The molecule has 306 valence electrons. The van der Waals surface area contributed by atoms with Crippen LogP contribution in [0.1, 0.15) is 64.1 Å². The number of allylic oxidation sites excluding steroid dienone is 1. The average molecular weight is 795 g/mol. The minimum Gasteiger partial charge on any atom is -0.403 e. The zero-order valence-corrected chi connectivity index (χ0v) is 32.1. The molecule has 5 atom stereocenters. The number of primary amides is 1. The molecule has 1 aromatic carbocycles.